The Labute approximate surface area is 68.7 Å². The summed E-state index contributed by atoms with van der Waals surface area (Å²) in [6.07, 6.45) is 0. The molecule has 0 fully saturated rings. The molecule has 0 bridgehead atoms. The lowest BCUT2D eigenvalue weighted by atomic mass is 10.1. The van der Waals surface area contributed by atoms with Crippen LogP contribution in [-0.2, 0) is 0 Å². The summed E-state index contributed by atoms with van der Waals surface area (Å²) < 4.78 is 0. The van der Waals surface area contributed by atoms with Gasteiger partial charge < -0.3 is 4.90 Å². The van der Waals surface area contributed by atoms with E-state index < -0.39 is 0 Å². The average Bonchev–Trinajstić information content (AvgIpc) is 2.05. The van der Waals surface area contributed by atoms with E-state index >= 15 is 0 Å². The van der Waals surface area contributed by atoms with Gasteiger partial charge in [0.25, 0.3) is 0 Å². The second kappa shape index (κ2) is 3.54. The Morgan fingerprint density at radius 1 is 1.27 bits per heavy atom. The van der Waals surface area contributed by atoms with Crippen molar-refractivity contribution in [2.24, 2.45) is 0 Å². The first-order chi connectivity index (χ1) is 5.22. The first-order valence-corrected chi connectivity index (χ1v) is 3.92. The van der Waals surface area contributed by atoms with E-state index in [1.165, 1.54) is 10.5 Å². The van der Waals surface area contributed by atoms with Crippen molar-refractivity contribution in [1.29, 1.82) is 0 Å². The van der Waals surface area contributed by atoms with Crippen LogP contribution in [-0.4, -0.2) is 7.05 Å². The number of benzene rings is 1. The van der Waals surface area contributed by atoms with Gasteiger partial charge in [-0.2, -0.15) is 7.05 Å². The summed E-state index contributed by atoms with van der Waals surface area (Å²) in [4.78, 5) is 1.22. The Morgan fingerprint density at radius 3 is 2.27 bits per heavy atom. The fourth-order valence-electron chi connectivity index (χ4n) is 1.03. The van der Waals surface area contributed by atoms with E-state index in [1.807, 2.05) is 6.07 Å². The molecule has 0 radical (unpaired) electrons. The highest BCUT2D eigenvalue weighted by Gasteiger charge is 2.05. The second-order valence-corrected chi connectivity index (χ2v) is 2.98. The lowest BCUT2D eigenvalue weighted by molar-refractivity contribution is -0.864. The Kier molecular flexibility index (Phi) is 2.66. The summed E-state index contributed by atoms with van der Waals surface area (Å²) in [7, 11) is 6.00. The summed E-state index contributed by atoms with van der Waals surface area (Å²) in [5, 5.41) is 0. The molecule has 1 N–H and O–H groups in total. The maximum Gasteiger partial charge on any atom is 0.0860 e. The van der Waals surface area contributed by atoms with Crippen molar-refractivity contribution in [3.63, 3.8) is 0 Å². The molecule has 0 aliphatic rings. The monoisotopic (exact) mass is 149 g/mol. The smallest absolute Gasteiger partial charge is 0.0860 e. The molecule has 1 heteroatoms. The van der Waals surface area contributed by atoms with Gasteiger partial charge in [0, 0.05) is 12.6 Å². The standard InChI is InChI=1S/C10H15N/c1-9(11(2)3)10-7-5-4-6-8-10/h4-9,11H,2H2,1,3H3. The van der Waals surface area contributed by atoms with E-state index in [4.69, 9.17) is 0 Å². The zero-order valence-electron chi connectivity index (χ0n) is 7.17. The minimum atomic E-state index is 0.483. The topological polar surface area (TPSA) is 4.44 Å². The lowest BCUT2D eigenvalue weighted by Crippen LogP contribution is -3.03. The minimum absolute atomic E-state index is 0.483. The third kappa shape index (κ3) is 2.05. The van der Waals surface area contributed by atoms with Gasteiger partial charge in [0.1, 0.15) is 0 Å². The maximum absolute atomic E-state index is 3.93. The van der Waals surface area contributed by atoms with Gasteiger partial charge in [-0.3, -0.25) is 0 Å². The maximum atomic E-state index is 3.93. The summed E-state index contributed by atoms with van der Waals surface area (Å²) in [6, 6.07) is 10.9. The summed E-state index contributed by atoms with van der Waals surface area (Å²) in [5.74, 6) is 0. The Balaban J connectivity index is 2.77. The van der Waals surface area contributed by atoms with Gasteiger partial charge >= 0.3 is 0 Å². The molecule has 1 rings (SSSR count). The third-order valence-electron chi connectivity index (χ3n) is 2.04. The van der Waals surface area contributed by atoms with Crippen LogP contribution in [0.1, 0.15) is 18.5 Å². The van der Waals surface area contributed by atoms with Crippen LogP contribution in [0.25, 0.3) is 0 Å². The van der Waals surface area contributed by atoms with Gasteiger partial charge in [-0.05, 0) is 6.92 Å². The van der Waals surface area contributed by atoms with Crippen LogP contribution in [0.3, 0.4) is 0 Å². The van der Waals surface area contributed by atoms with Gasteiger partial charge in [0.05, 0.1) is 6.04 Å². The molecule has 0 aromatic heterocycles. The first-order valence-electron chi connectivity index (χ1n) is 3.92. The van der Waals surface area contributed by atoms with Crippen LogP contribution >= 0.6 is 0 Å². The molecule has 0 heterocycles. The highest BCUT2D eigenvalue weighted by Crippen LogP contribution is 2.06. The summed E-state index contributed by atoms with van der Waals surface area (Å²) >= 11 is 0. The number of hydrogen-bond donors (Lipinski definition) is 1. The van der Waals surface area contributed by atoms with Crippen LogP contribution < -0.4 is 4.90 Å². The summed E-state index contributed by atoms with van der Waals surface area (Å²) in [5.41, 5.74) is 1.35. The van der Waals surface area contributed by atoms with Crippen molar-refractivity contribution in [3.8, 4) is 0 Å². The molecule has 2 unspecified atom stereocenters. The molecule has 60 valence electrons. The molecule has 0 aliphatic heterocycles. The van der Waals surface area contributed by atoms with E-state index in [2.05, 4.69) is 45.3 Å². The zero-order chi connectivity index (χ0) is 8.27. The molecule has 0 aliphatic carbocycles. The van der Waals surface area contributed by atoms with Crippen molar-refractivity contribution in [3.05, 3.63) is 42.9 Å². The lowest BCUT2D eigenvalue weighted by Gasteiger charge is -2.23. The van der Waals surface area contributed by atoms with Crippen molar-refractivity contribution in [1.82, 2.24) is 0 Å². The van der Waals surface area contributed by atoms with Crippen LogP contribution in [0, 0.1) is 7.05 Å². The average molecular weight is 149 g/mol. The van der Waals surface area contributed by atoms with E-state index in [0.29, 0.717) is 6.04 Å². The van der Waals surface area contributed by atoms with Crippen LogP contribution in [0.15, 0.2) is 30.3 Å². The molecule has 11 heavy (non-hydrogen) atoms. The van der Waals surface area contributed by atoms with Gasteiger partial charge in [-0.25, -0.2) is 0 Å². The highest BCUT2D eigenvalue weighted by molar-refractivity contribution is 5.16. The van der Waals surface area contributed by atoms with Crippen molar-refractivity contribution in [2.45, 2.75) is 13.0 Å². The zero-order valence-corrected chi connectivity index (χ0v) is 7.17. The van der Waals surface area contributed by atoms with Gasteiger partial charge in [0.15, 0.2) is 0 Å². The van der Waals surface area contributed by atoms with E-state index in [1.54, 1.807) is 0 Å². The van der Waals surface area contributed by atoms with Gasteiger partial charge in [-0.15, -0.1) is 0 Å². The molecule has 0 spiro atoms. The van der Waals surface area contributed by atoms with Crippen LogP contribution in [0.2, 0.25) is 0 Å². The predicted molar refractivity (Wildman–Crippen MR) is 47.1 cm³/mol. The van der Waals surface area contributed by atoms with Crippen LogP contribution in [0.5, 0.6) is 0 Å². The van der Waals surface area contributed by atoms with Crippen molar-refractivity contribution < 1.29 is 4.90 Å². The first kappa shape index (κ1) is 8.28. The number of rotatable bonds is 2. The van der Waals surface area contributed by atoms with E-state index in [0.717, 1.165) is 0 Å². The Hall–Kier alpha value is -0.820. The summed E-state index contributed by atoms with van der Waals surface area (Å²) in [6.45, 7) is 2.18. The van der Waals surface area contributed by atoms with Crippen molar-refractivity contribution >= 4 is 0 Å². The van der Waals surface area contributed by atoms with Gasteiger partial charge in [-0.1, -0.05) is 30.3 Å². The molecular weight excluding hydrogens is 134 g/mol. The third-order valence-corrected chi connectivity index (χ3v) is 2.04. The van der Waals surface area contributed by atoms with E-state index in [9.17, 15) is 0 Å². The molecule has 2 atom stereocenters. The number of hydrogen-bond acceptors (Lipinski definition) is 0. The predicted octanol–water partition coefficient (Wildman–Crippen LogP) is 1.05. The molecule has 0 saturated heterocycles. The number of nitrogens with one attached hydrogen (secondary N) is 1. The Bertz CT molecular complexity index is 203. The highest BCUT2D eigenvalue weighted by atomic mass is 15.1. The van der Waals surface area contributed by atoms with Crippen LogP contribution in [0.4, 0.5) is 0 Å². The second-order valence-electron chi connectivity index (χ2n) is 2.98. The fourth-order valence-corrected chi connectivity index (χ4v) is 1.03. The minimum Gasteiger partial charge on any atom is -0.464 e. The Morgan fingerprint density at radius 2 is 1.82 bits per heavy atom. The molecule has 1 nitrogen and oxygen atoms in total. The van der Waals surface area contributed by atoms with Gasteiger partial charge in [0.2, 0.25) is 0 Å². The SMILES string of the molecule is [CH2-][NH+](C)C(C)c1ccccc1. The molecule has 0 amide bonds. The number of quaternary nitrogens is 1. The molecule has 1 aromatic rings. The normalized spacial score (nSPS) is 15.9. The van der Waals surface area contributed by atoms with Crippen molar-refractivity contribution in [2.75, 3.05) is 7.05 Å². The molecule has 1 aromatic carbocycles. The quantitative estimate of drug-likeness (QED) is 0.600. The molecule has 0 saturated carbocycles. The largest absolute Gasteiger partial charge is 0.464 e. The molecular formula is C10H15N. The fraction of sp³-hybridized carbons (Fsp3) is 0.300. The van der Waals surface area contributed by atoms with E-state index in [-0.39, 0.29) is 0 Å².